The summed E-state index contributed by atoms with van der Waals surface area (Å²) in [6.07, 6.45) is 4.31. The van der Waals surface area contributed by atoms with Crippen molar-refractivity contribution in [3.8, 4) is 11.5 Å². The summed E-state index contributed by atoms with van der Waals surface area (Å²) in [5.41, 5.74) is -0.0779. The number of aliphatic carboxylic acids is 1. The first-order chi connectivity index (χ1) is 11.1. The smallest absolute Gasteiger partial charge is 0.314 e. The number of carboxylic acids is 1. The van der Waals surface area contributed by atoms with Gasteiger partial charge in [0, 0.05) is 18.7 Å². The SMILES string of the molecule is COc1c(OC2CCN(C)C2)cccc1C1(C(=O)O)CCCC1. The summed E-state index contributed by atoms with van der Waals surface area (Å²) in [4.78, 5) is 14.2. The Bertz CT molecular complexity index is 580. The molecule has 0 amide bonds. The van der Waals surface area contributed by atoms with E-state index < -0.39 is 11.4 Å². The summed E-state index contributed by atoms with van der Waals surface area (Å²) in [6, 6.07) is 5.64. The normalized spacial score (nSPS) is 23.8. The van der Waals surface area contributed by atoms with Crippen molar-refractivity contribution >= 4 is 5.97 Å². The predicted octanol–water partition coefficient (Wildman–Crippen LogP) is 2.67. The second kappa shape index (κ2) is 6.40. The van der Waals surface area contributed by atoms with E-state index in [1.54, 1.807) is 7.11 Å². The number of nitrogens with zero attached hydrogens (tertiary/aromatic N) is 1. The van der Waals surface area contributed by atoms with Gasteiger partial charge in [0.1, 0.15) is 6.10 Å². The number of benzene rings is 1. The van der Waals surface area contributed by atoms with Gasteiger partial charge in [-0.2, -0.15) is 0 Å². The summed E-state index contributed by atoms with van der Waals surface area (Å²) in [5, 5.41) is 9.84. The van der Waals surface area contributed by atoms with Gasteiger partial charge in [-0.25, -0.2) is 0 Å². The van der Waals surface area contributed by atoms with Crippen LogP contribution >= 0.6 is 0 Å². The molecule has 126 valence electrons. The largest absolute Gasteiger partial charge is 0.493 e. The van der Waals surface area contributed by atoms with Crippen LogP contribution in [0, 0.1) is 0 Å². The molecule has 1 aliphatic carbocycles. The molecule has 1 heterocycles. The number of hydrogen-bond acceptors (Lipinski definition) is 4. The van der Waals surface area contributed by atoms with Crippen LogP contribution < -0.4 is 9.47 Å². The van der Waals surface area contributed by atoms with Crippen molar-refractivity contribution in [3.63, 3.8) is 0 Å². The number of ether oxygens (including phenoxy) is 2. The number of likely N-dealkylation sites (N-methyl/N-ethyl adjacent to an activating group) is 1. The molecule has 23 heavy (non-hydrogen) atoms. The quantitative estimate of drug-likeness (QED) is 0.904. The van der Waals surface area contributed by atoms with Crippen molar-refractivity contribution < 1.29 is 19.4 Å². The van der Waals surface area contributed by atoms with Crippen molar-refractivity contribution in [1.82, 2.24) is 4.90 Å². The fraction of sp³-hybridized carbons (Fsp3) is 0.611. The van der Waals surface area contributed by atoms with Gasteiger partial charge in [-0.3, -0.25) is 4.79 Å². The van der Waals surface area contributed by atoms with Crippen molar-refractivity contribution in [3.05, 3.63) is 23.8 Å². The Balaban J connectivity index is 1.95. The molecule has 1 aromatic carbocycles. The molecule has 1 saturated carbocycles. The summed E-state index contributed by atoms with van der Waals surface area (Å²) >= 11 is 0. The van der Waals surface area contributed by atoms with E-state index in [4.69, 9.17) is 9.47 Å². The summed E-state index contributed by atoms with van der Waals surface area (Å²) < 4.78 is 11.7. The zero-order valence-corrected chi connectivity index (χ0v) is 13.9. The highest BCUT2D eigenvalue weighted by atomic mass is 16.5. The number of hydrogen-bond donors (Lipinski definition) is 1. The van der Waals surface area contributed by atoms with Crippen molar-refractivity contribution in [1.29, 1.82) is 0 Å². The van der Waals surface area contributed by atoms with E-state index in [0.29, 0.717) is 24.3 Å². The topological polar surface area (TPSA) is 59.0 Å². The van der Waals surface area contributed by atoms with Crippen LogP contribution in [0.1, 0.15) is 37.7 Å². The minimum Gasteiger partial charge on any atom is -0.493 e. The fourth-order valence-corrected chi connectivity index (χ4v) is 3.94. The van der Waals surface area contributed by atoms with E-state index >= 15 is 0 Å². The van der Waals surface area contributed by atoms with Gasteiger partial charge in [0.05, 0.1) is 12.5 Å². The first-order valence-electron chi connectivity index (χ1n) is 8.33. The number of likely N-dealkylation sites (tertiary alicyclic amines) is 1. The van der Waals surface area contributed by atoms with Crippen molar-refractivity contribution in [2.24, 2.45) is 0 Å². The lowest BCUT2D eigenvalue weighted by atomic mass is 9.78. The minimum absolute atomic E-state index is 0.133. The van der Waals surface area contributed by atoms with Crippen molar-refractivity contribution in [2.45, 2.75) is 43.6 Å². The maximum absolute atomic E-state index is 12.0. The van der Waals surface area contributed by atoms with Crippen LogP contribution in [0.15, 0.2) is 18.2 Å². The molecule has 2 fully saturated rings. The molecule has 1 saturated heterocycles. The molecule has 2 aliphatic rings. The molecule has 1 aliphatic heterocycles. The molecule has 1 unspecified atom stereocenters. The highest BCUT2D eigenvalue weighted by Gasteiger charge is 2.45. The molecule has 0 spiro atoms. The van der Waals surface area contributed by atoms with E-state index in [1.165, 1.54) is 0 Å². The van der Waals surface area contributed by atoms with Gasteiger partial charge in [-0.1, -0.05) is 25.0 Å². The molecule has 3 rings (SSSR count). The Kier molecular flexibility index (Phi) is 4.48. The van der Waals surface area contributed by atoms with Crippen LogP contribution in [0.4, 0.5) is 0 Å². The summed E-state index contributed by atoms with van der Waals surface area (Å²) in [6.45, 7) is 1.91. The Labute approximate surface area is 137 Å². The van der Waals surface area contributed by atoms with Crippen LogP contribution in [0.3, 0.4) is 0 Å². The summed E-state index contributed by atoms with van der Waals surface area (Å²) in [7, 11) is 3.67. The van der Waals surface area contributed by atoms with E-state index in [1.807, 2.05) is 18.2 Å². The zero-order valence-electron chi connectivity index (χ0n) is 13.9. The Morgan fingerprint density at radius 3 is 2.65 bits per heavy atom. The molecule has 0 aromatic heterocycles. The lowest BCUT2D eigenvalue weighted by Gasteiger charge is -2.28. The van der Waals surface area contributed by atoms with Crippen LogP contribution in [-0.2, 0) is 10.2 Å². The molecule has 1 N–H and O–H groups in total. The number of rotatable bonds is 5. The standard InChI is InChI=1S/C18H25NO4/c1-19-11-8-13(12-19)23-15-7-5-6-14(16(15)22-2)18(17(20)21)9-3-4-10-18/h5-7,13H,3-4,8-12H2,1-2H3,(H,20,21). The van der Waals surface area contributed by atoms with Crippen LogP contribution in [0.2, 0.25) is 0 Å². The van der Waals surface area contributed by atoms with Crippen LogP contribution in [0.25, 0.3) is 0 Å². The maximum Gasteiger partial charge on any atom is 0.314 e. The highest BCUT2D eigenvalue weighted by molar-refractivity contribution is 5.83. The number of carboxylic acid groups (broad SMARTS) is 1. The third-order valence-electron chi connectivity index (χ3n) is 5.21. The van der Waals surface area contributed by atoms with Gasteiger partial charge >= 0.3 is 5.97 Å². The molecule has 5 nitrogen and oxygen atoms in total. The Morgan fingerprint density at radius 2 is 2.09 bits per heavy atom. The van der Waals surface area contributed by atoms with E-state index in [2.05, 4.69) is 11.9 Å². The molecule has 0 bridgehead atoms. The second-order valence-electron chi connectivity index (χ2n) is 6.72. The summed E-state index contributed by atoms with van der Waals surface area (Å²) in [5.74, 6) is 0.496. The molecule has 5 heteroatoms. The number of para-hydroxylation sites is 1. The predicted molar refractivity (Wildman–Crippen MR) is 87.3 cm³/mol. The highest BCUT2D eigenvalue weighted by Crippen LogP contribution is 2.48. The van der Waals surface area contributed by atoms with Gasteiger partial charge in [0.15, 0.2) is 11.5 Å². The molecule has 0 radical (unpaired) electrons. The number of methoxy groups -OCH3 is 1. The van der Waals surface area contributed by atoms with Gasteiger partial charge < -0.3 is 19.5 Å². The third kappa shape index (κ3) is 2.90. The van der Waals surface area contributed by atoms with E-state index in [9.17, 15) is 9.90 Å². The fourth-order valence-electron chi connectivity index (χ4n) is 3.94. The minimum atomic E-state index is -0.836. The Hall–Kier alpha value is -1.75. The van der Waals surface area contributed by atoms with E-state index in [0.717, 1.165) is 37.9 Å². The van der Waals surface area contributed by atoms with Gasteiger partial charge in [-0.15, -0.1) is 0 Å². The van der Waals surface area contributed by atoms with Crippen molar-refractivity contribution in [2.75, 3.05) is 27.2 Å². The van der Waals surface area contributed by atoms with Crippen LogP contribution in [0.5, 0.6) is 11.5 Å². The number of carbonyl (C=O) groups is 1. The molecule has 1 aromatic rings. The molecular weight excluding hydrogens is 294 g/mol. The first-order valence-corrected chi connectivity index (χ1v) is 8.33. The van der Waals surface area contributed by atoms with Gasteiger partial charge in [-0.05, 0) is 32.4 Å². The zero-order chi connectivity index (χ0) is 16.4. The second-order valence-corrected chi connectivity index (χ2v) is 6.72. The monoisotopic (exact) mass is 319 g/mol. The average Bonchev–Trinajstić information content (AvgIpc) is 3.17. The lowest BCUT2D eigenvalue weighted by Crippen LogP contribution is -2.33. The van der Waals surface area contributed by atoms with Gasteiger partial charge in [0.2, 0.25) is 0 Å². The van der Waals surface area contributed by atoms with Gasteiger partial charge in [0.25, 0.3) is 0 Å². The average molecular weight is 319 g/mol. The third-order valence-corrected chi connectivity index (χ3v) is 5.21. The molecular formula is C18H25NO4. The maximum atomic E-state index is 12.0. The lowest BCUT2D eigenvalue weighted by molar-refractivity contribution is -0.143. The van der Waals surface area contributed by atoms with Crippen LogP contribution in [-0.4, -0.2) is 49.3 Å². The first kappa shape index (κ1) is 16.1. The van der Waals surface area contributed by atoms with E-state index in [-0.39, 0.29) is 6.10 Å². The Morgan fingerprint density at radius 1 is 1.35 bits per heavy atom. The molecule has 1 atom stereocenters.